The third kappa shape index (κ3) is 1.90. The summed E-state index contributed by atoms with van der Waals surface area (Å²) < 4.78 is 13.4. The van der Waals surface area contributed by atoms with E-state index >= 15 is 0 Å². The lowest BCUT2D eigenvalue weighted by atomic mass is 10.2. The first-order valence-corrected chi connectivity index (χ1v) is 5.56. The number of carbonyl (C=O) groups excluding carboxylic acids is 1. The Hall–Kier alpha value is -0.780. The number of carbonyl (C=O) groups is 1. The molecule has 0 N–H and O–H groups in total. The van der Waals surface area contributed by atoms with Crippen LogP contribution in [-0.4, -0.2) is 15.4 Å². The topological polar surface area (TPSA) is 42.9 Å². The highest BCUT2D eigenvalue weighted by molar-refractivity contribution is 9.10. The molecule has 1 aromatic carbocycles. The predicted molar refractivity (Wildman–Crippen MR) is 62.4 cm³/mol. The Labute approximate surface area is 108 Å². The van der Waals surface area contributed by atoms with E-state index in [-0.39, 0.29) is 20.7 Å². The Kier molecular flexibility index (Phi) is 3.10. The fourth-order valence-corrected chi connectivity index (χ4v) is 1.99. The second-order valence-electron chi connectivity index (χ2n) is 2.92. The van der Waals surface area contributed by atoms with E-state index in [9.17, 15) is 9.18 Å². The molecule has 0 atom stereocenters. The van der Waals surface area contributed by atoms with Gasteiger partial charge < -0.3 is 0 Å². The summed E-state index contributed by atoms with van der Waals surface area (Å²) in [6.07, 6.45) is 0. The summed E-state index contributed by atoms with van der Waals surface area (Å²) in [6.45, 7) is 0. The molecule has 7 heteroatoms. The normalized spacial score (nSPS) is 10.8. The van der Waals surface area contributed by atoms with Crippen molar-refractivity contribution in [2.24, 2.45) is 0 Å². The van der Waals surface area contributed by atoms with Crippen LogP contribution >= 0.6 is 39.1 Å². The van der Waals surface area contributed by atoms with Crippen molar-refractivity contribution >= 4 is 55.3 Å². The SMILES string of the molecule is O=C(Cl)c1nnc2cc(F)c(Br)cc2c1Cl. The minimum Gasteiger partial charge on any atom is -0.274 e. The first-order valence-electron chi connectivity index (χ1n) is 4.01. The molecule has 3 nitrogen and oxygen atoms in total. The molecule has 82 valence electrons. The summed E-state index contributed by atoms with van der Waals surface area (Å²) >= 11 is 14.2. The van der Waals surface area contributed by atoms with Crippen molar-refractivity contribution in [1.82, 2.24) is 10.2 Å². The molecule has 1 heterocycles. The standard InChI is InChI=1S/C9H2BrCl2FN2O/c10-4-1-3-6(2-5(4)13)14-15-8(7(3)11)9(12)16/h1-2H. The molecule has 0 spiro atoms. The van der Waals surface area contributed by atoms with Crippen LogP contribution in [0.3, 0.4) is 0 Å². The van der Waals surface area contributed by atoms with Crippen LogP contribution in [0.2, 0.25) is 5.02 Å². The number of aromatic nitrogens is 2. The summed E-state index contributed by atoms with van der Waals surface area (Å²) in [5.41, 5.74) is 0.113. The van der Waals surface area contributed by atoms with Gasteiger partial charge in [0.1, 0.15) is 5.82 Å². The van der Waals surface area contributed by atoms with E-state index < -0.39 is 11.1 Å². The summed E-state index contributed by atoms with van der Waals surface area (Å²) in [5, 5.41) is 6.86. The van der Waals surface area contributed by atoms with Crippen molar-refractivity contribution < 1.29 is 9.18 Å². The van der Waals surface area contributed by atoms with Crippen molar-refractivity contribution in [2.45, 2.75) is 0 Å². The van der Waals surface area contributed by atoms with E-state index in [1.165, 1.54) is 12.1 Å². The molecule has 0 bridgehead atoms. The van der Waals surface area contributed by atoms with E-state index in [2.05, 4.69) is 26.1 Å². The second-order valence-corrected chi connectivity index (χ2v) is 4.50. The highest BCUT2D eigenvalue weighted by atomic mass is 79.9. The molecule has 16 heavy (non-hydrogen) atoms. The van der Waals surface area contributed by atoms with Gasteiger partial charge in [-0.2, -0.15) is 0 Å². The molecule has 0 aliphatic carbocycles. The zero-order valence-corrected chi connectivity index (χ0v) is 10.6. The molecule has 2 rings (SSSR count). The number of hydrogen-bond acceptors (Lipinski definition) is 3. The van der Waals surface area contributed by atoms with Gasteiger partial charge in [-0.05, 0) is 33.6 Å². The number of hydrogen-bond donors (Lipinski definition) is 0. The molecule has 0 radical (unpaired) electrons. The summed E-state index contributed by atoms with van der Waals surface area (Å²) in [5.74, 6) is -0.484. The molecule has 0 aliphatic heterocycles. The Morgan fingerprint density at radius 3 is 2.69 bits per heavy atom. The van der Waals surface area contributed by atoms with Gasteiger partial charge in [0.15, 0.2) is 5.69 Å². The van der Waals surface area contributed by atoms with Crippen LogP contribution in [0.15, 0.2) is 16.6 Å². The third-order valence-corrected chi connectivity index (χ3v) is 3.10. The van der Waals surface area contributed by atoms with Crippen molar-refractivity contribution in [3.63, 3.8) is 0 Å². The molecule has 0 fully saturated rings. The Balaban J connectivity index is 2.84. The monoisotopic (exact) mass is 322 g/mol. The fraction of sp³-hybridized carbons (Fsp3) is 0. The van der Waals surface area contributed by atoms with E-state index in [1.54, 1.807) is 0 Å². The van der Waals surface area contributed by atoms with Gasteiger partial charge in [-0.25, -0.2) is 4.39 Å². The lowest BCUT2D eigenvalue weighted by Crippen LogP contribution is -1.99. The highest BCUT2D eigenvalue weighted by Crippen LogP contribution is 2.29. The van der Waals surface area contributed by atoms with Gasteiger partial charge in [0.25, 0.3) is 5.24 Å². The van der Waals surface area contributed by atoms with Gasteiger partial charge >= 0.3 is 0 Å². The molecular formula is C9H2BrCl2FN2O. The lowest BCUT2D eigenvalue weighted by Gasteiger charge is -2.03. The van der Waals surface area contributed by atoms with Crippen molar-refractivity contribution in [1.29, 1.82) is 0 Å². The minimum absolute atomic E-state index is 0.0608. The lowest BCUT2D eigenvalue weighted by molar-refractivity contribution is 0.107. The maximum Gasteiger partial charge on any atom is 0.274 e. The van der Waals surface area contributed by atoms with Gasteiger partial charge in [0.05, 0.1) is 15.0 Å². The molecule has 0 saturated heterocycles. The Morgan fingerprint density at radius 1 is 1.38 bits per heavy atom. The van der Waals surface area contributed by atoms with Crippen LogP contribution in [0.5, 0.6) is 0 Å². The molecule has 2 aromatic rings. The smallest absolute Gasteiger partial charge is 0.274 e. The van der Waals surface area contributed by atoms with E-state index in [0.29, 0.717) is 5.39 Å². The largest absolute Gasteiger partial charge is 0.274 e. The van der Waals surface area contributed by atoms with Crippen LogP contribution in [0.4, 0.5) is 4.39 Å². The van der Waals surface area contributed by atoms with Gasteiger partial charge in [0.2, 0.25) is 0 Å². The summed E-state index contributed by atoms with van der Waals surface area (Å²) in [4.78, 5) is 11.0. The van der Waals surface area contributed by atoms with Crippen LogP contribution in [0.1, 0.15) is 10.5 Å². The van der Waals surface area contributed by atoms with Gasteiger partial charge in [-0.1, -0.05) is 11.6 Å². The number of benzene rings is 1. The molecule has 0 saturated carbocycles. The second kappa shape index (κ2) is 4.24. The van der Waals surface area contributed by atoms with E-state index in [1.807, 2.05) is 0 Å². The van der Waals surface area contributed by atoms with Gasteiger partial charge in [-0.3, -0.25) is 4.79 Å². The zero-order valence-electron chi connectivity index (χ0n) is 7.47. The quantitative estimate of drug-likeness (QED) is 0.753. The first-order chi connectivity index (χ1) is 7.50. The predicted octanol–water partition coefficient (Wildman–Crippen LogP) is 3.56. The van der Waals surface area contributed by atoms with Crippen molar-refractivity contribution in [3.05, 3.63) is 33.1 Å². The first kappa shape index (κ1) is 11.7. The molecular weight excluding hydrogens is 322 g/mol. The minimum atomic E-state index is -0.806. The van der Waals surface area contributed by atoms with Crippen LogP contribution in [0, 0.1) is 5.82 Å². The zero-order chi connectivity index (χ0) is 11.9. The molecule has 0 amide bonds. The number of nitrogens with zero attached hydrogens (tertiary/aromatic N) is 2. The van der Waals surface area contributed by atoms with E-state index in [0.717, 1.165) is 0 Å². The van der Waals surface area contributed by atoms with E-state index in [4.69, 9.17) is 23.2 Å². The maximum absolute atomic E-state index is 13.2. The average molecular weight is 324 g/mol. The third-order valence-electron chi connectivity index (χ3n) is 1.93. The van der Waals surface area contributed by atoms with Crippen LogP contribution < -0.4 is 0 Å². The Morgan fingerprint density at radius 2 is 2.06 bits per heavy atom. The number of halogens is 4. The highest BCUT2D eigenvalue weighted by Gasteiger charge is 2.15. The van der Waals surface area contributed by atoms with Gasteiger partial charge in [-0.15, -0.1) is 10.2 Å². The van der Waals surface area contributed by atoms with Crippen molar-refractivity contribution in [2.75, 3.05) is 0 Å². The maximum atomic E-state index is 13.2. The van der Waals surface area contributed by atoms with Crippen LogP contribution in [-0.2, 0) is 0 Å². The molecule has 1 aromatic heterocycles. The molecule has 0 aliphatic rings. The molecule has 0 unspecified atom stereocenters. The van der Waals surface area contributed by atoms with Crippen molar-refractivity contribution in [3.8, 4) is 0 Å². The summed E-state index contributed by atoms with van der Waals surface area (Å²) in [7, 11) is 0. The fourth-order valence-electron chi connectivity index (χ4n) is 1.20. The summed E-state index contributed by atoms with van der Waals surface area (Å²) in [6, 6.07) is 2.59. The number of fused-ring (bicyclic) bond motifs is 1. The Bertz CT molecular complexity index is 606. The average Bonchev–Trinajstić information content (AvgIpc) is 2.21. The van der Waals surface area contributed by atoms with Crippen LogP contribution in [0.25, 0.3) is 10.9 Å². The number of rotatable bonds is 1. The van der Waals surface area contributed by atoms with Gasteiger partial charge in [0, 0.05) is 11.5 Å².